The molecule has 3 rings (SSSR count). The van der Waals surface area contributed by atoms with Gasteiger partial charge in [-0.25, -0.2) is 4.98 Å². The third kappa shape index (κ3) is 3.56. The second-order valence-corrected chi connectivity index (χ2v) is 5.59. The van der Waals surface area contributed by atoms with E-state index in [4.69, 9.17) is 4.74 Å². The minimum Gasteiger partial charge on any atom is -0.496 e. The predicted molar refractivity (Wildman–Crippen MR) is 83.4 cm³/mol. The van der Waals surface area contributed by atoms with Crippen molar-refractivity contribution in [1.82, 2.24) is 9.38 Å². The van der Waals surface area contributed by atoms with Crippen molar-refractivity contribution in [2.24, 2.45) is 0 Å². The maximum absolute atomic E-state index is 13.7. The highest BCUT2D eigenvalue weighted by molar-refractivity contribution is 5.72. The standard InChI is InChI=1S/C17H13F5N2O2/c1-16(18,19)14-8-23-15-6-3-10(9-24(14)15)12-5-4-11(7-13(12)25-2)26-17(20,21)22/h3-9H,1-2H3. The van der Waals surface area contributed by atoms with Crippen LogP contribution in [0.2, 0.25) is 0 Å². The Morgan fingerprint density at radius 3 is 2.38 bits per heavy atom. The smallest absolute Gasteiger partial charge is 0.496 e. The van der Waals surface area contributed by atoms with E-state index in [2.05, 4.69) is 9.72 Å². The van der Waals surface area contributed by atoms with Gasteiger partial charge in [0.25, 0.3) is 5.92 Å². The minimum atomic E-state index is -4.83. The molecule has 0 spiro atoms. The van der Waals surface area contributed by atoms with E-state index in [-0.39, 0.29) is 11.4 Å². The third-order valence-electron chi connectivity index (χ3n) is 3.67. The van der Waals surface area contributed by atoms with Gasteiger partial charge in [-0.3, -0.25) is 4.40 Å². The van der Waals surface area contributed by atoms with Gasteiger partial charge >= 0.3 is 6.36 Å². The van der Waals surface area contributed by atoms with Crippen LogP contribution >= 0.6 is 0 Å². The van der Waals surface area contributed by atoms with Gasteiger partial charge in [0.15, 0.2) is 0 Å². The molecule has 0 unspecified atom stereocenters. The van der Waals surface area contributed by atoms with Crippen molar-refractivity contribution in [3.8, 4) is 22.6 Å². The number of rotatable bonds is 4. The van der Waals surface area contributed by atoms with E-state index in [1.165, 1.54) is 29.8 Å². The first-order valence-electron chi connectivity index (χ1n) is 7.38. The quantitative estimate of drug-likeness (QED) is 0.604. The fraction of sp³-hybridized carbons (Fsp3) is 0.235. The Kier molecular flexibility index (Phi) is 4.25. The predicted octanol–water partition coefficient (Wildman–Crippen LogP) is 5.02. The largest absolute Gasteiger partial charge is 0.573 e. The molecule has 0 aliphatic carbocycles. The summed E-state index contributed by atoms with van der Waals surface area (Å²) in [5.41, 5.74) is 0.908. The van der Waals surface area contributed by atoms with E-state index in [0.29, 0.717) is 16.8 Å². The van der Waals surface area contributed by atoms with Crippen LogP contribution < -0.4 is 9.47 Å². The zero-order chi connectivity index (χ0) is 19.1. The fourth-order valence-corrected chi connectivity index (χ4v) is 2.57. The molecule has 0 amide bonds. The van der Waals surface area contributed by atoms with Crippen molar-refractivity contribution >= 4 is 5.65 Å². The highest BCUT2D eigenvalue weighted by atomic mass is 19.4. The summed E-state index contributed by atoms with van der Waals surface area (Å²) in [6.07, 6.45) is -2.32. The zero-order valence-corrected chi connectivity index (χ0v) is 13.6. The Bertz CT molecular complexity index is 944. The van der Waals surface area contributed by atoms with Crippen LogP contribution in [0.4, 0.5) is 22.0 Å². The maximum atomic E-state index is 13.7. The first-order chi connectivity index (χ1) is 12.1. The van der Waals surface area contributed by atoms with Crippen LogP contribution in [0, 0.1) is 0 Å². The second kappa shape index (κ2) is 6.15. The molecule has 138 valence electrons. The molecule has 26 heavy (non-hydrogen) atoms. The summed E-state index contributed by atoms with van der Waals surface area (Å²) in [4.78, 5) is 3.92. The second-order valence-electron chi connectivity index (χ2n) is 5.59. The Morgan fingerprint density at radius 2 is 1.77 bits per heavy atom. The highest BCUT2D eigenvalue weighted by Crippen LogP contribution is 2.36. The third-order valence-corrected chi connectivity index (χ3v) is 3.67. The van der Waals surface area contributed by atoms with E-state index >= 15 is 0 Å². The van der Waals surface area contributed by atoms with Crippen LogP contribution in [-0.2, 0) is 5.92 Å². The summed E-state index contributed by atoms with van der Waals surface area (Å²) in [6.45, 7) is 0.757. The number of pyridine rings is 1. The molecule has 2 aromatic heterocycles. The lowest BCUT2D eigenvalue weighted by Crippen LogP contribution is -2.17. The molecule has 0 aliphatic heterocycles. The molecular weight excluding hydrogens is 359 g/mol. The van der Waals surface area contributed by atoms with Gasteiger partial charge in [-0.05, 0) is 24.3 Å². The fourth-order valence-electron chi connectivity index (χ4n) is 2.57. The van der Waals surface area contributed by atoms with Gasteiger partial charge in [0.1, 0.15) is 22.8 Å². The summed E-state index contributed by atoms with van der Waals surface area (Å²) >= 11 is 0. The molecule has 0 bridgehead atoms. The number of aromatic nitrogens is 2. The van der Waals surface area contributed by atoms with Crippen LogP contribution in [0.3, 0.4) is 0 Å². The molecule has 0 radical (unpaired) electrons. The van der Waals surface area contributed by atoms with E-state index in [1.54, 1.807) is 6.07 Å². The van der Waals surface area contributed by atoms with Crippen LogP contribution in [-0.4, -0.2) is 22.9 Å². The average molecular weight is 372 g/mol. The molecule has 2 heterocycles. The molecule has 9 heteroatoms. The number of hydrogen-bond donors (Lipinski definition) is 0. The summed E-state index contributed by atoms with van der Waals surface area (Å²) in [5, 5.41) is 0. The van der Waals surface area contributed by atoms with Gasteiger partial charge in [-0.1, -0.05) is 0 Å². The maximum Gasteiger partial charge on any atom is 0.573 e. The Hall–Kier alpha value is -2.84. The van der Waals surface area contributed by atoms with Crippen molar-refractivity contribution in [3.63, 3.8) is 0 Å². The number of alkyl halides is 5. The summed E-state index contributed by atoms with van der Waals surface area (Å²) in [7, 11) is 1.29. The van der Waals surface area contributed by atoms with Crippen LogP contribution in [0.25, 0.3) is 16.8 Å². The number of hydrogen-bond acceptors (Lipinski definition) is 3. The lowest BCUT2D eigenvalue weighted by molar-refractivity contribution is -0.274. The van der Waals surface area contributed by atoms with Crippen LogP contribution in [0.15, 0.2) is 42.7 Å². The number of ether oxygens (including phenoxy) is 2. The number of nitrogens with zero attached hydrogens (tertiary/aromatic N) is 2. The van der Waals surface area contributed by atoms with E-state index in [9.17, 15) is 22.0 Å². The molecule has 1 aromatic carbocycles. The lowest BCUT2D eigenvalue weighted by atomic mass is 10.1. The highest BCUT2D eigenvalue weighted by Gasteiger charge is 2.31. The first-order valence-corrected chi connectivity index (χ1v) is 7.38. The van der Waals surface area contributed by atoms with Gasteiger partial charge in [0.05, 0.1) is 13.3 Å². The molecule has 0 saturated carbocycles. The number of halogens is 5. The average Bonchev–Trinajstić information content (AvgIpc) is 2.96. The minimum absolute atomic E-state index is 0.107. The van der Waals surface area contributed by atoms with E-state index < -0.39 is 18.0 Å². The molecule has 0 saturated heterocycles. The Labute approximate surface area is 144 Å². The normalized spacial score (nSPS) is 12.4. The van der Waals surface area contributed by atoms with Crippen molar-refractivity contribution in [2.75, 3.05) is 7.11 Å². The lowest BCUT2D eigenvalue weighted by Gasteiger charge is -2.14. The van der Waals surface area contributed by atoms with Gasteiger partial charge in [0, 0.05) is 30.3 Å². The summed E-state index contributed by atoms with van der Waals surface area (Å²) < 4.78 is 74.7. The van der Waals surface area contributed by atoms with Crippen molar-refractivity contribution in [1.29, 1.82) is 0 Å². The van der Waals surface area contributed by atoms with Gasteiger partial charge in [0.2, 0.25) is 0 Å². The van der Waals surface area contributed by atoms with E-state index in [1.807, 2.05) is 0 Å². The first kappa shape index (κ1) is 18.0. The van der Waals surface area contributed by atoms with Crippen molar-refractivity contribution in [3.05, 3.63) is 48.4 Å². The molecule has 0 fully saturated rings. The zero-order valence-electron chi connectivity index (χ0n) is 13.6. The number of benzene rings is 1. The molecule has 0 N–H and O–H groups in total. The number of fused-ring (bicyclic) bond motifs is 1. The topological polar surface area (TPSA) is 35.8 Å². The molecular formula is C17H13F5N2O2. The van der Waals surface area contributed by atoms with Gasteiger partial charge in [-0.15, -0.1) is 13.2 Å². The Morgan fingerprint density at radius 1 is 1.04 bits per heavy atom. The summed E-state index contributed by atoms with van der Waals surface area (Å²) in [6, 6.07) is 6.71. The molecule has 4 nitrogen and oxygen atoms in total. The monoisotopic (exact) mass is 372 g/mol. The van der Waals surface area contributed by atoms with Gasteiger partial charge in [-0.2, -0.15) is 8.78 Å². The number of methoxy groups -OCH3 is 1. The molecule has 3 aromatic rings. The summed E-state index contributed by atoms with van der Waals surface area (Å²) in [5.74, 6) is -3.44. The van der Waals surface area contributed by atoms with Crippen LogP contribution in [0.5, 0.6) is 11.5 Å². The molecule has 0 aliphatic rings. The van der Waals surface area contributed by atoms with Crippen molar-refractivity contribution in [2.45, 2.75) is 19.2 Å². The SMILES string of the molecule is COc1cc(OC(F)(F)F)ccc1-c1ccc2ncc(C(C)(F)F)n2c1. The van der Waals surface area contributed by atoms with Crippen molar-refractivity contribution < 1.29 is 31.4 Å². The molecule has 0 atom stereocenters. The Balaban J connectivity index is 2.08. The number of imidazole rings is 1. The van der Waals surface area contributed by atoms with E-state index in [0.717, 1.165) is 25.3 Å². The van der Waals surface area contributed by atoms with Crippen LogP contribution in [0.1, 0.15) is 12.6 Å². The van der Waals surface area contributed by atoms with Gasteiger partial charge < -0.3 is 9.47 Å².